The number of carbonyl (C=O) groups is 1. The Morgan fingerprint density at radius 2 is 2.24 bits per heavy atom. The number of rotatable bonds is 3. The molecule has 0 aliphatic carbocycles. The van der Waals surface area contributed by atoms with E-state index in [2.05, 4.69) is 10.1 Å². The number of H-pyrrole nitrogens is 1. The minimum Gasteiger partial charge on any atom is -0.489 e. The first kappa shape index (κ1) is 13.6. The van der Waals surface area contributed by atoms with Crippen molar-refractivity contribution in [2.75, 3.05) is 20.3 Å². The molecule has 0 saturated carbocycles. The molecule has 0 unspecified atom stereocenters. The number of aromatic amines is 1. The highest BCUT2D eigenvalue weighted by atomic mass is 16.5. The van der Waals surface area contributed by atoms with Crippen LogP contribution in [0.2, 0.25) is 0 Å². The summed E-state index contributed by atoms with van der Waals surface area (Å²) in [5, 5.41) is 13.4. The molecule has 2 aromatic rings. The van der Waals surface area contributed by atoms with Crippen LogP contribution in [0, 0.1) is 0 Å². The minimum absolute atomic E-state index is 0.214. The first-order valence-corrected chi connectivity index (χ1v) is 6.62. The highest BCUT2D eigenvalue weighted by molar-refractivity contribution is 5.89. The van der Waals surface area contributed by atoms with Gasteiger partial charge in [-0.2, -0.15) is 9.61 Å². The van der Waals surface area contributed by atoms with Gasteiger partial charge in [0.2, 0.25) is 5.75 Å². The second kappa shape index (κ2) is 5.21. The Hall–Kier alpha value is -2.35. The predicted molar refractivity (Wildman–Crippen MR) is 72.1 cm³/mol. The molecule has 1 saturated heterocycles. The Kier molecular flexibility index (Phi) is 3.38. The number of ether oxygens (including phenoxy) is 2. The lowest BCUT2D eigenvalue weighted by Crippen LogP contribution is -2.22. The normalized spacial score (nSPS) is 16.2. The average Bonchev–Trinajstić information content (AvgIpc) is 2.92. The molecule has 2 N–H and O–H groups in total. The van der Waals surface area contributed by atoms with Crippen molar-refractivity contribution < 1.29 is 19.4 Å². The van der Waals surface area contributed by atoms with E-state index >= 15 is 0 Å². The highest BCUT2D eigenvalue weighted by Crippen LogP contribution is 2.26. The molecule has 0 radical (unpaired) electrons. The Morgan fingerprint density at radius 1 is 1.52 bits per heavy atom. The van der Waals surface area contributed by atoms with Gasteiger partial charge in [-0.1, -0.05) is 0 Å². The van der Waals surface area contributed by atoms with E-state index < -0.39 is 11.5 Å². The van der Waals surface area contributed by atoms with Crippen LogP contribution < -0.4 is 10.3 Å². The van der Waals surface area contributed by atoms with Crippen molar-refractivity contribution in [1.29, 1.82) is 0 Å². The second-order valence-corrected chi connectivity index (χ2v) is 4.90. The van der Waals surface area contributed by atoms with Gasteiger partial charge in [0, 0.05) is 25.2 Å². The van der Waals surface area contributed by atoms with Crippen molar-refractivity contribution in [3.05, 3.63) is 27.8 Å². The number of carboxylic acids is 1. The maximum Gasteiger partial charge on any atom is 0.356 e. The zero-order valence-electron chi connectivity index (χ0n) is 11.5. The molecule has 3 rings (SSSR count). The SMILES string of the molecule is COc1c(C(=O)O)[nH]c2cc(C3CCOCC3)nn2c1=O. The Morgan fingerprint density at radius 3 is 2.86 bits per heavy atom. The van der Waals surface area contributed by atoms with Crippen molar-refractivity contribution in [3.63, 3.8) is 0 Å². The Balaban J connectivity index is 2.14. The Bertz CT molecular complexity index is 742. The van der Waals surface area contributed by atoms with E-state index in [9.17, 15) is 9.59 Å². The fourth-order valence-corrected chi connectivity index (χ4v) is 2.56. The summed E-state index contributed by atoms with van der Waals surface area (Å²) in [7, 11) is 1.26. The van der Waals surface area contributed by atoms with Gasteiger partial charge in [-0.3, -0.25) is 4.79 Å². The lowest BCUT2D eigenvalue weighted by molar-refractivity contribution is 0.0686. The summed E-state index contributed by atoms with van der Waals surface area (Å²) in [6.07, 6.45) is 1.67. The van der Waals surface area contributed by atoms with Crippen molar-refractivity contribution in [3.8, 4) is 5.75 Å². The largest absolute Gasteiger partial charge is 0.489 e. The summed E-state index contributed by atoms with van der Waals surface area (Å²) in [5.41, 5.74) is 0.256. The van der Waals surface area contributed by atoms with Gasteiger partial charge in [0.15, 0.2) is 5.69 Å². The molecule has 1 aliphatic heterocycles. The first-order valence-electron chi connectivity index (χ1n) is 6.62. The monoisotopic (exact) mass is 293 g/mol. The van der Waals surface area contributed by atoms with E-state index in [1.807, 2.05) is 0 Å². The number of nitrogens with one attached hydrogen (secondary N) is 1. The second-order valence-electron chi connectivity index (χ2n) is 4.90. The van der Waals surface area contributed by atoms with Gasteiger partial charge in [0.25, 0.3) is 0 Å². The van der Waals surface area contributed by atoms with E-state index in [0.29, 0.717) is 18.9 Å². The Labute approximate surface area is 119 Å². The molecule has 0 atom stereocenters. The molecule has 1 fully saturated rings. The standard InChI is InChI=1S/C13H15N3O5/c1-20-11-10(13(18)19)14-9-6-8(15-16(9)12(11)17)7-2-4-21-5-3-7/h6-7,14H,2-5H2,1H3,(H,18,19). The van der Waals surface area contributed by atoms with Crippen LogP contribution >= 0.6 is 0 Å². The summed E-state index contributed by atoms with van der Waals surface area (Å²) >= 11 is 0. The van der Waals surface area contributed by atoms with Crippen molar-refractivity contribution >= 4 is 11.6 Å². The van der Waals surface area contributed by atoms with E-state index in [-0.39, 0.29) is 17.4 Å². The average molecular weight is 293 g/mol. The number of nitrogens with zero attached hydrogens (tertiary/aromatic N) is 2. The maximum absolute atomic E-state index is 12.2. The van der Waals surface area contributed by atoms with Gasteiger partial charge in [0.1, 0.15) is 5.65 Å². The van der Waals surface area contributed by atoms with Crippen molar-refractivity contribution in [2.45, 2.75) is 18.8 Å². The van der Waals surface area contributed by atoms with Crippen molar-refractivity contribution in [1.82, 2.24) is 14.6 Å². The number of methoxy groups -OCH3 is 1. The van der Waals surface area contributed by atoms with Crippen LogP contribution in [0.4, 0.5) is 0 Å². The summed E-state index contributed by atoms with van der Waals surface area (Å²) in [5.74, 6) is -1.29. The topological polar surface area (TPSA) is 106 Å². The third-order valence-electron chi connectivity index (χ3n) is 3.65. The fourth-order valence-electron chi connectivity index (χ4n) is 2.56. The molecule has 2 aromatic heterocycles. The van der Waals surface area contributed by atoms with Crippen LogP contribution in [-0.2, 0) is 4.74 Å². The van der Waals surface area contributed by atoms with Crippen LogP contribution in [0.5, 0.6) is 5.75 Å². The lowest BCUT2D eigenvalue weighted by Gasteiger charge is -2.19. The van der Waals surface area contributed by atoms with Gasteiger partial charge in [-0.05, 0) is 12.8 Å². The van der Waals surface area contributed by atoms with Crippen LogP contribution in [-0.4, -0.2) is 46.0 Å². The molecule has 112 valence electrons. The smallest absolute Gasteiger partial charge is 0.356 e. The zero-order valence-corrected chi connectivity index (χ0v) is 11.5. The van der Waals surface area contributed by atoms with Crippen LogP contribution in [0.1, 0.15) is 34.9 Å². The van der Waals surface area contributed by atoms with Crippen LogP contribution in [0.15, 0.2) is 10.9 Å². The number of aromatic nitrogens is 3. The highest BCUT2D eigenvalue weighted by Gasteiger charge is 2.23. The van der Waals surface area contributed by atoms with E-state index in [1.54, 1.807) is 6.07 Å². The predicted octanol–water partition coefficient (Wildman–Crippen LogP) is 0.623. The number of hydrogen-bond donors (Lipinski definition) is 2. The minimum atomic E-state index is -1.25. The summed E-state index contributed by atoms with van der Waals surface area (Å²) in [4.78, 5) is 26.1. The van der Waals surface area contributed by atoms with Gasteiger partial charge < -0.3 is 19.6 Å². The number of fused-ring (bicyclic) bond motifs is 1. The van der Waals surface area contributed by atoms with Gasteiger partial charge in [0.05, 0.1) is 12.8 Å². The van der Waals surface area contributed by atoms with Gasteiger partial charge in [-0.25, -0.2) is 4.79 Å². The molecular weight excluding hydrogens is 278 g/mol. The molecule has 0 bridgehead atoms. The zero-order chi connectivity index (χ0) is 15.0. The lowest BCUT2D eigenvalue weighted by atomic mass is 9.97. The molecule has 0 aromatic carbocycles. The van der Waals surface area contributed by atoms with Crippen molar-refractivity contribution in [2.24, 2.45) is 0 Å². The van der Waals surface area contributed by atoms with E-state index in [0.717, 1.165) is 23.1 Å². The number of aromatic carboxylic acids is 1. The first-order chi connectivity index (χ1) is 10.1. The quantitative estimate of drug-likeness (QED) is 0.859. The summed E-state index contributed by atoms with van der Waals surface area (Å²) < 4.78 is 11.3. The maximum atomic E-state index is 12.2. The number of carboxylic acid groups (broad SMARTS) is 1. The molecule has 21 heavy (non-hydrogen) atoms. The molecule has 0 amide bonds. The van der Waals surface area contributed by atoms with Crippen LogP contribution in [0.3, 0.4) is 0 Å². The van der Waals surface area contributed by atoms with Crippen LogP contribution in [0.25, 0.3) is 5.65 Å². The van der Waals surface area contributed by atoms with Gasteiger partial charge in [-0.15, -0.1) is 0 Å². The molecule has 8 nitrogen and oxygen atoms in total. The fraction of sp³-hybridized carbons (Fsp3) is 0.462. The number of hydrogen-bond acceptors (Lipinski definition) is 5. The third kappa shape index (κ3) is 2.27. The molecule has 1 aliphatic rings. The summed E-state index contributed by atoms with van der Waals surface area (Å²) in [6, 6.07) is 1.71. The molecule has 8 heteroatoms. The third-order valence-corrected chi connectivity index (χ3v) is 3.65. The van der Waals surface area contributed by atoms with E-state index in [1.165, 1.54) is 7.11 Å². The van der Waals surface area contributed by atoms with Gasteiger partial charge >= 0.3 is 11.5 Å². The molecule has 0 spiro atoms. The molecule has 3 heterocycles. The molecular formula is C13H15N3O5. The van der Waals surface area contributed by atoms with E-state index in [4.69, 9.17) is 14.6 Å². The summed E-state index contributed by atoms with van der Waals surface area (Å²) in [6.45, 7) is 1.33.